The van der Waals surface area contributed by atoms with Gasteiger partial charge in [0.1, 0.15) is 0 Å². The largest absolute Gasteiger partial charge is 0.394 e. The molecule has 0 spiro atoms. The molecular weight excluding hydrogens is 219 g/mol. The molecule has 4 N–H and O–H groups in total. The standard InChI is InChI=1S/C8H17N2O4P/c1-9-7(13)5-15(2)8(14)10-3-6(12)4-11/h6,11-12H,3-5H2,1-2H3,(H,9,13)(H,10,14). The Morgan fingerprint density at radius 2 is 2.07 bits per heavy atom. The van der Waals surface area contributed by atoms with Gasteiger partial charge in [0.05, 0.1) is 18.9 Å². The third kappa shape index (κ3) is 6.38. The molecule has 0 aliphatic heterocycles. The van der Waals surface area contributed by atoms with Crippen molar-refractivity contribution in [3.63, 3.8) is 0 Å². The van der Waals surface area contributed by atoms with Gasteiger partial charge in [-0.3, -0.25) is 9.59 Å². The van der Waals surface area contributed by atoms with E-state index in [9.17, 15) is 9.59 Å². The molecule has 15 heavy (non-hydrogen) atoms. The first-order chi connectivity index (χ1) is 7.01. The Labute approximate surface area is 89.8 Å². The molecule has 0 aliphatic rings. The van der Waals surface area contributed by atoms with Gasteiger partial charge in [-0.15, -0.1) is 0 Å². The topological polar surface area (TPSA) is 98.7 Å². The minimum Gasteiger partial charge on any atom is -0.394 e. The molecule has 0 bridgehead atoms. The van der Waals surface area contributed by atoms with Crippen molar-refractivity contribution in [2.24, 2.45) is 0 Å². The zero-order chi connectivity index (χ0) is 11.8. The predicted molar refractivity (Wildman–Crippen MR) is 58.3 cm³/mol. The molecule has 88 valence electrons. The van der Waals surface area contributed by atoms with E-state index in [1.165, 1.54) is 7.05 Å². The van der Waals surface area contributed by atoms with Crippen LogP contribution < -0.4 is 10.6 Å². The Morgan fingerprint density at radius 1 is 1.47 bits per heavy atom. The second-order valence-corrected chi connectivity index (χ2v) is 5.17. The van der Waals surface area contributed by atoms with Crippen LogP contribution in [-0.2, 0) is 4.79 Å². The Morgan fingerprint density at radius 3 is 2.53 bits per heavy atom. The molecule has 0 aromatic carbocycles. The minimum absolute atomic E-state index is 0.00967. The molecule has 0 heterocycles. The average Bonchev–Trinajstić information content (AvgIpc) is 2.24. The average molecular weight is 236 g/mol. The van der Waals surface area contributed by atoms with Crippen LogP contribution in [-0.4, -0.2) is 60.9 Å². The molecule has 2 unspecified atom stereocenters. The lowest BCUT2D eigenvalue weighted by Crippen LogP contribution is -2.33. The fourth-order valence-corrected chi connectivity index (χ4v) is 1.86. The molecule has 0 saturated carbocycles. The van der Waals surface area contributed by atoms with Gasteiger partial charge < -0.3 is 20.8 Å². The van der Waals surface area contributed by atoms with Gasteiger partial charge in [0.15, 0.2) is 0 Å². The predicted octanol–water partition coefficient (Wildman–Crippen LogP) is -1.09. The fraction of sp³-hybridized carbons (Fsp3) is 0.750. The summed E-state index contributed by atoms with van der Waals surface area (Å²) in [6.45, 7) is 1.30. The van der Waals surface area contributed by atoms with Gasteiger partial charge in [-0.05, 0) is 14.6 Å². The molecule has 0 aromatic heterocycles. The van der Waals surface area contributed by atoms with Crippen molar-refractivity contribution in [3.8, 4) is 0 Å². The summed E-state index contributed by atoms with van der Waals surface area (Å²) in [5.41, 5.74) is -0.249. The number of rotatable bonds is 6. The van der Waals surface area contributed by atoms with Gasteiger partial charge in [-0.25, -0.2) is 0 Å². The highest BCUT2D eigenvalue weighted by atomic mass is 31.1. The van der Waals surface area contributed by atoms with Gasteiger partial charge >= 0.3 is 0 Å². The van der Waals surface area contributed by atoms with Gasteiger partial charge in [-0.2, -0.15) is 0 Å². The molecule has 0 aliphatic carbocycles. The highest BCUT2D eigenvalue weighted by Crippen LogP contribution is 2.30. The van der Waals surface area contributed by atoms with E-state index < -0.39 is 20.6 Å². The maximum Gasteiger partial charge on any atom is 0.241 e. The van der Waals surface area contributed by atoms with Crippen molar-refractivity contribution in [2.75, 3.05) is 33.0 Å². The Hall–Kier alpha value is -0.710. The van der Waals surface area contributed by atoms with E-state index in [-0.39, 0.29) is 24.3 Å². The molecule has 0 aromatic rings. The van der Waals surface area contributed by atoms with Crippen LogP contribution in [0.15, 0.2) is 0 Å². The first kappa shape index (κ1) is 14.3. The third-order valence-electron chi connectivity index (χ3n) is 1.71. The number of hydrogen-bond acceptors (Lipinski definition) is 4. The number of nitrogens with one attached hydrogen (secondary N) is 2. The maximum absolute atomic E-state index is 11.4. The molecule has 0 rings (SSSR count). The summed E-state index contributed by atoms with van der Waals surface area (Å²) in [5, 5.41) is 22.4. The number of aliphatic hydroxyl groups is 2. The van der Waals surface area contributed by atoms with E-state index in [4.69, 9.17) is 10.2 Å². The van der Waals surface area contributed by atoms with E-state index in [1.54, 1.807) is 6.66 Å². The lowest BCUT2D eigenvalue weighted by molar-refractivity contribution is -0.118. The van der Waals surface area contributed by atoms with Crippen LogP contribution in [0.3, 0.4) is 0 Å². The van der Waals surface area contributed by atoms with Gasteiger partial charge in [-0.1, -0.05) is 0 Å². The van der Waals surface area contributed by atoms with Crippen molar-refractivity contribution in [2.45, 2.75) is 6.10 Å². The van der Waals surface area contributed by atoms with Crippen molar-refractivity contribution in [1.82, 2.24) is 10.6 Å². The fourth-order valence-electron chi connectivity index (χ4n) is 0.771. The van der Waals surface area contributed by atoms with E-state index in [0.717, 1.165) is 0 Å². The summed E-state index contributed by atoms with van der Waals surface area (Å²) in [5.74, 6) is -0.179. The van der Waals surface area contributed by atoms with Crippen LogP contribution in [0.25, 0.3) is 0 Å². The van der Waals surface area contributed by atoms with Gasteiger partial charge in [0.25, 0.3) is 0 Å². The number of carbonyl (C=O) groups excluding carboxylic acids is 2. The van der Waals surface area contributed by atoms with Crippen molar-refractivity contribution in [1.29, 1.82) is 0 Å². The minimum atomic E-state index is -1.08. The quantitative estimate of drug-likeness (QED) is 0.440. The Bertz CT molecular complexity index is 225. The first-order valence-electron chi connectivity index (χ1n) is 4.49. The van der Waals surface area contributed by atoms with Crippen LogP contribution in [0, 0.1) is 0 Å². The number of aliphatic hydroxyl groups excluding tert-OH is 2. The summed E-state index contributed by atoms with van der Waals surface area (Å²) in [4.78, 5) is 22.3. The normalized spacial score (nSPS) is 14.1. The summed E-state index contributed by atoms with van der Waals surface area (Å²) >= 11 is 0. The van der Waals surface area contributed by atoms with Crippen LogP contribution in [0.1, 0.15) is 0 Å². The molecule has 0 saturated heterocycles. The van der Waals surface area contributed by atoms with Crippen LogP contribution in [0.5, 0.6) is 0 Å². The number of amides is 2. The van der Waals surface area contributed by atoms with E-state index in [2.05, 4.69) is 10.6 Å². The van der Waals surface area contributed by atoms with Crippen molar-refractivity contribution < 1.29 is 19.8 Å². The third-order valence-corrected chi connectivity index (χ3v) is 3.32. The second kappa shape index (κ2) is 7.56. The zero-order valence-electron chi connectivity index (χ0n) is 8.86. The molecule has 0 fully saturated rings. The lowest BCUT2D eigenvalue weighted by Gasteiger charge is -2.13. The highest BCUT2D eigenvalue weighted by Gasteiger charge is 2.16. The first-order valence-corrected chi connectivity index (χ1v) is 6.47. The number of carbonyl (C=O) groups is 2. The monoisotopic (exact) mass is 236 g/mol. The molecule has 2 amide bonds. The van der Waals surface area contributed by atoms with Crippen molar-refractivity contribution >= 4 is 19.5 Å². The van der Waals surface area contributed by atoms with Crippen molar-refractivity contribution in [3.05, 3.63) is 0 Å². The Kier molecular flexibility index (Phi) is 7.21. The zero-order valence-corrected chi connectivity index (χ0v) is 9.75. The molecular formula is C8H17N2O4P. The number of hydrogen-bond donors (Lipinski definition) is 4. The summed E-state index contributed by atoms with van der Waals surface area (Å²) < 4.78 is 0. The maximum atomic E-state index is 11.4. The second-order valence-electron chi connectivity index (χ2n) is 3.05. The van der Waals surface area contributed by atoms with E-state index >= 15 is 0 Å². The molecule has 0 radical (unpaired) electrons. The van der Waals surface area contributed by atoms with E-state index in [0.29, 0.717) is 0 Å². The summed E-state index contributed by atoms with van der Waals surface area (Å²) in [7, 11) is 0.435. The molecule has 6 nitrogen and oxygen atoms in total. The van der Waals surface area contributed by atoms with Crippen LogP contribution in [0.4, 0.5) is 4.79 Å². The summed E-state index contributed by atoms with van der Waals surface area (Å²) in [6, 6.07) is 0. The van der Waals surface area contributed by atoms with Crippen LogP contribution in [0.2, 0.25) is 0 Å². The van der Waals surface area contributed by atoms with Crippen LogP contribution >= 0.6 is 7.92 Å². The summed E-state index contributed by atoms with van der Waals surface area (Å²) in [6.07, 6.45) is -0.773. The van der Waals surface area contributed by atoms with Gasteiger partial charge in [0.2, 0.25) is 11.6 Å². The van der Waals surface area contributed by atoms with E-state index in [1.807, 2.05) is 0 Å². The SMILES string of the molecule is CNC(=O)CP(C)C(=O)NCC(O)CO. The molecule has 2 atom stereocenters. The van der Waals surface area contributed by atoms with Gasteiger partial charge in [0, 0.05) is 13.6 Å². The smallest absolute Gasteiger partial charge is 0.241 e. The lowest BCUT2D eigenvalue weighted by atomic mass is 10.4. The Balaban J connectivity index is 3.84. The molecule has 7 heteroatoms. The highest BCUT2D eigenvalue weighted by molar-refractivity contribution is 7.74.